The summed E-state index contributed by atoms with van der Waals surface area (Å²) in [5, 5.41) is 11.8. The van der Waals surface area contributed by atoms with E-state index < -0.39 is 0 Å². The van der Waals surface area contributed by atoms with Gasteiger partial charge in [0.15, 0.2) is 0 Å². The van der Waals surface area contributed by atoms with E-state index >= 15 is 0 Å². The van der Waals surface area contributed by atoms with Gasteiger partial charge in [-0.05, 0) is 28.8 Å². The van der Waals surface area contributed by atoms with Gasteiger partial charge in [-0.15, -0.1) is 0 Å². The molecule has 7 heteroatoms. The maximum Gasteiger partial charge on any atom is 0.148 e. The molecule has 1 aliphatic heterocycles. The third kappa shape index (κ3) is 3.55. The number of hydrogen-bond acceptors (Lipinski definition) is 6. The lowest BCUT2D eigenvalue weighted by molar-refractivity contribution is 0.0158. The van der Waals surface area contributed by atoms with Gasteiger partial charge in [0.1, 0.15) is 22.4 Å². The standard InChI is InChI=1S/C12H19BrN4O2/c1-14-11-10(13)12(16-8-15-11)17-4-2-9(3-5-17)19-7-6-18/h8-9,18H,2-7H2,1H3,(H,14,15,16). The van der Waals surface area contributed by atoms with Gasteiger partial charge in [-0.25, -0.2) is 9.97 Å². The molecule has 19 heavy (non-hydrogen) atoms. The van der Waals surface area contributed by atoms with Crippen LogP contribution in [0.4, 0.5) is 11.6 Å². The van der Waals surface area contributed by atoms with Crippen LogP contribution in [0.2, 0.25) is 0 Å². The minimum absolute atomic E-state index is 0.0865. The Balaban J connectivity index is 1.98. The van der Waals surface area contributed by atoms with Crippen LogP contribution in [-0.2, 0) is 4.74 Å². The molecule has 0 unspecified atom stereocenters. The molecule has 0 amide bonds. The Labute approximate surface area is 121 Å². The zero-order chi connectivity index (χ0) is 13.7. The Morgan fingerprint density at radius 3 is 2.84 bits per heavy atom. The van der Waals surface area contributed by atoms with Crippen molar-refractivity contribution in [3.05, 3.63) is 10.8 Å². The number of anilines is 2. The van der Waals surface area contributed by atoms with Crippen molar-refractivity contribution in [2.24, 2.45) is 0 Å². The largest absolute Gasteiger partial charge is 0.394 e. The highest BCUT2D eigenvalue weighted by Crippen LogP contribution is 2.31. The van der Waals surface area contributed by atoms with Crippen LogP contribution in [0.3, 0.4) is 0 Å². The number of piperidine rings is 1. The SMILES string of the molecule is CNc1ncnc(N2CCC(OCCO)CC2)c1Br. The summed E-state index contributed by atoms with van der Waals surface area (Å²) in [6.45, 7) is 2.30. The van der Waals surface area contributed by atoms with Gasteiger partial charge in [0.25, 0.3) is 0 Å². The molecule has 0 radical (unpaired) electrons. The molecule has 0 spiro atoms. The lowest BCUT2D eigenvalue weighted by Crippen LogP contribution is -2.38. The van der Waals surface area contributed by atoms with E-state index in [1.165, 1.54) is 0 Å². The van der Waals surface area contributed by atoms with E-state index in [-0.39, 0.29) is 12.7 Å². The highest BCUT2D eigenvalue weighted by molar-refractivity contribution is 9.10. The summed E-state index contributed by atoms with van der Waals surface area (Å²) in [6.07, 6.45) is 3.71. The Morgan fingerprint density at radius 1 is 1.47 bits per heavy atom. The fraction of sp³-hybridized carbons (Fsp3) is 0.667. The second-order valence-electron chi connectivity index (χ2n) is 4.39. The second-order valence-corrected chi connectivity index (χ2v) is 5.18. The van der Waals surface area contributed by atoms with Crippen LogP contribution in [0.15, 0.2) is 10.8 Å². The van der Waals surface area contributed by atoms with Crippen molar-refractivity contribution < 1.29 is 9.84 Å². The molecule has 1 aliphatic rings. The van der Waals surface area contributed by atoms with Crippen LogP contribution < -0.4 is 10.2 Å². The van der Waals surface area contributed by atoms with Crippen molar-refractivity contribution in [2.75, 3.05) is 43.6 Å². The highest BCUT2D eigenvalue weighted by Gasteiger charge is 2.22. The Bertz CT molecular complexity index is 411. The van der Waals surface area contributed by atoms with Crippen LogP contribution in [0, 0.1) is 0 Å². The quantitative estimate of drug-likeness (QED) is 0.847. The summed E-state index contributed by atoms with van der Waals surface area (Å²) < 4.78 is 6.45. The van der Waals surface area contributed by atoms with Gasteiger partial charge in [-0.2, -0.15) is 0 Å². The molecule has 0 saturated carbocycles. The summed E-state index contributed by atoms with van der Waals surface area (Å²) in [6, 6.07) is 0. The molecule has 0 atom stereocenters. The lowest BCUT2D eigenvalue weighted by Gasteiger charge is -2.33. The summed E-state index contributed by atoms with van der Waals surface area (Å²) >= 11 is 3.54. The normalized spacial score (nSPS) is 16.7. The Hall–Kier alpha value is -0.920. The molecule has 1 fully saturated rings. The average molecular weight is 331 g/mol. The van der Waals surface area contributed by atoms with E-state index in [9.17, 15) is 0 Å². The molecule has 2 heterocycles. The zero-order valence-corrected chi connectivity index (χ0v) is 12.6. The van der Waals surface area contributed by atoms with Crippen LogP contribution in [0.1, 0.15) is 12.8 Å². The van der Waals surface area contributed by atoms with E-state index in [0.29, 0.717) is 6.61 Å². The predicted molar refractivity (Wildman–Crippen MR) is 77.6 cm³/mol. The fourth-order valence-corrected chi connectivity index (χ4v) is 2.86. The third-order valence-corrected chi connectivity index (χ3v) is 3.92. The number of rotatable bonds is 5. The summed E-state index contributed by atoms with van der Waals surface area (Å²) in [5.41, 5.74) is 0. The Kier molecular flexibility index (Phi) is 5.35. The average Bonchev–Trinajstić information content (AvgIpc) is 2.46. The van der Waals surface area contributed by atoms with Crippen molar-refractivity contribution in [2.45, 2.75) is 18.9 Å². The maximum atomic E-state index is 8.76. The first-order valence-corrected chi connectivity index (χ1v) is 7.21. The molecule has 0 bridgehead atoms. The predicted octanol–water partition coefficient (Wildman–Crippen LogP) is 1.26. The van der Waals surface area contributed by atoms with Gasteiger partial charge in [0, 0.05) is 20.1 Å². The van der Waals surface area contributed by atoms with Gasteiger partial charge >= 0.3 is 0 Å². The smallest absolute Gasteiger partial charge is 0.148 e. The van der Waals surface area contributed by atoms with Crippen LogP contribution in [0.25, 0.3) is 0 Å². The number of hydrogen-bond donors (Lipinski definition) is 2. The topological polar surface area (TPSA) is 70.5 Å². The van der Waals surface area contributed by atoms with E-state index in [4.69, 9.17) is 9.84 Å². The van der Waals surface area contributed by atoms with Crippen molar-refractivity contribution in [3.63, 3.8) is 0 Å². The third-order valence-electron chi connectivity index (χ3n) is 3.19. The van der Waals surface area contributed by atoms with E-state index in [1.54, 1.807) is 6.33 Å². The molecule has 2 N–H and O–H groups in total. The van der Waals surface area contributed by atoms with Crippen molar-refractivity contribution in [3.8, 4) is 0 Å². The molecule has 1 aromatic rings. The van der Waals surface area contributed by atoms with E-state index in [2.05, 4.69) is 36.1 Å². The molecule has 1 saturated heterocycles. The van der Waals surface area contributed by atoms with Gasteiger partial charge in [-0.3, -0.25) is 0 Å². The number of aliphatic hydroxyl groups is 1. The monoisotopic (exact) mass is 330 g/mol. The van der Waals surface area contributed by atoms with E-state index in [1.807, 2.05) is 7.05 Å². The van der Waals surface area contributed by atoms with Gasteiger partial charge in [0.05, 0.1) is 19.3 Å². The highest BCUT2D eigenvalue weighted by atomic mass is 79.9. The molecule has 2 rings (SSSR count). The molecular weight excluding hydrogens is 312 g/mol. The molecule has 1 aromatic heterocycles. The zero-order valence-electron chi connectivity index (χ0n) is 11.0. The van der Waals surface area contributed by atoms with Crippen molar-refractivity contribution >= 4 is 27.6 Å². The Morgan fingerprint density at radius 2 is 2.21 bits per heavy atom. The van der Waals surface area contributed by atoms with Crippen LogP contribution in [0.5, 0.6) is 0 Å². The number of nitrogens with zero attached hydrogens (tertiary/aromatic N) is 3. The minimum atomic E-state index is 0.0865. The maximum absolute atomic E-state index is 8.76. The number of halogens is 1. The van der Waals surface area contributed by atoms with Gasteiger partial charge < -0.3 is 20.1 Å². The van der Waals surface area contributed by atoms with Crippen molar-refractivity contribution in [1.29, 1.82) is 0 Å². The van der Waals surface area contributed by atoms with Crippen LogP contribution in [-0.4, -0.2) is 54.5 Å². The first-order chi connectivity index (χ1) is 9.26. The minimum Gasteiger partial charge on any atom is -0.394 e. The van der Waals surface area contributed by atoms with Crippen molar-refractivity contribution in [1.82, 2.24) is 9.97 Å². The summed E-state index contributed by atoms with van der Waals surface area (Å²) in [4.78, 5) is 10.7. The number of aromatic nitrogens is 2. The number of ether oxygens (including phenoxy) is 1. The first kappa shape index (κ1) is 14.5. The van der Waals surface area contributed by atoms with Gasteiger partial charge in [-0.1, -0.05) is 0 Å². The molecule has 0 aliphatic carbocycles. The summed E-state index contributed by atoms with van der Waals surface area (Å²) in [7, 11) is 1.84. The fourth-order valence-electron chi connectivity index (χ4n) is 2.21. The molecule has 0 aromatic carbocycles. The molecule has 106 valence electrons. The first-order valence-electron chi connectivity index (χ1n) is 6.42. The van der Waals surface area contributed by atoms with E-state index in [0.717, 1.165) is 42.0 Å². The van der Waals surface area contributed by atoms with Gasteiger partial charge in [0.2, 0.25) is 0 Å². The summed E-state index contributed by atoms with van der Waals surface area (Å²) in [5.74, 6) is 1.71. The lowest BCUT2D eigenvalue weighted by atomic mass is 10.1. The number of nitrogens with one attached hydrogen (secondary N) is 1. The molecular formula is C12H19BrN4O2. The molecule has 6 nitrogen and oxygen atoms in total. The second kappa shape index (κ2) is 7.02. The number of aliphatic hydroxyl groups excluding tert-OH is 1. The van der Waals surface area contributed by atoms with Crippen LogP contribution >= 0.6 is 15.9 Å².